The number of hydrogen-bond acceptors (Lipinski definition) is 4. The number of amidine groups is 1. The molecule has 0 radical (unpaired) electrons. The van der Waals surface area contributed by atoms with Crippen molar-refractivity contribution in [2.75, 3.05) is 13.2 Å². The molecule has 76 valence electrons. The molecule has 0 atom stereocenters. The number of nitrogens with two attached hydrogens (primary N) is 1. The van der Waals surface area contributed by atoms with E-state index >= 15 is 0 Å². The molecule has 5 nitrogen and oxygen atoms in total. The highest BCUT2D eigenvalue weighted by molar-refractivity contribution is 5.97. The van der Waals surface area contributed by atoms with Crippen molar-refractivity contribution in [2.45, 2.75) is 6.92 Å². The van der Waals surface area contributed by atoms with Gasteiger partial charge in [0.25, 0.3) is 0 Å². The lowest BCUT2D eigenvalue weighted by molar-refractivity contribution is 0.196. The topological polar surface area (TPSA) is 92.2 Å². The molecule has 1 aromatic rings. The van der Waals surface area contributed by atoms with Gasteiger partial charge in [-0.15, -0.1) is 0 Å². The summed E-state index contributed by atoms with van der Waals surface area (Å²) >= 11 is 0. The van der Waals surface area contributed by atoms with Crippen molar-refractivity contribution in [3.05, 3.63) is 23.4 Å². The van der Waals surface area contributed by atoms with Gasteiger partial charge < -0.3 is 15.6 Å². The van der Waals surface area contributed by atoms with Crippen LogP contribution in [0.2, 0.25) is 0 Å². The average Bonchev–Trinajstić information content (AvgIpc) is 2.14. The van der Waals surface area contributed by atoms with Crippen molar-refractivity contribution < 1.29 is 9.84 Å². The largest absolute Gasteiger partial charge is 0.475 e. The fraction of sp³-hybridized carbons (Fsp3) is 0.333. The van der Waals surface area contributed by atoms with Crippen molar-refractivity contribution in [3.63, 3.8) is 0 Å². The summed E-state index contributed by atoms with van der Waals surface area (Å²) in [7, 11) is 0. The molecule has 0 aromatic carbocycles. The maximum Gasteiger partial charge on any atom is 0.224 e. The summed E-state index contributed by atoms with van der Waals surface area (Å²) < 4.78 is 5.15. The van der Waals surface area contributed by atoms with Crippen LogP contribution < -0.4 is 10.5 Å². The summed E-state index contributed by atoms with van der Waals surface area (Å²) in [6.07, 6.45) is 0. The standard InChI is InChI=1S/C9H13N3O2/c1-6-2-3-7(8(10)11)9(12-6)14-5-4-13/h2-3,13H,4-5H2,1H3,(H3,10,11). The Morgan fingerprint density at radius 3 is 2.93 bits per heavy atom. The molecule has 1 rings (SSSR count). The van der Waals surface area contributed by atoms with E-state index in [0.29, 0.717) is 11.4 Å². The molecule has 0 unspecified atom stereocenters. The number of hydrogen-bond donors (Lipinski definition) is 3. The van der Waals surface area contributed by atoms with Crippen molar-refractivity contribution in [1.29, 1.82) is 5.41 Å². The van der Waals surface area contributed by atoms with Crippen LogP contribution in [-0.4, -0.2) is 29.1 Å². The molecule has 0 amide bonds. The molecule has 0 aliphatic carbocycles. The van der Waals surface area contributed by atoms with E-state index in [9.17, 15) is 0 Å². The van der Waals surface area contributed by atoms with Crippen LogP contribution in [0.5, 0.6) is 5.88 Å². The van der Waals surface area contributed by atoms with E-state index in [2.05, 4.69) is 4.98 Å². The number of nitrogens with zero attached hydrogens (tertiary/aromatic N) is 1. The maximum absolute atomic E-state index is 8.59. The lowest BCUT2D eigenvalue weighted by Crippen LogP contribution is -2.15. The lowest BCUT2D eigenvalue weighted by atomic mass is 10.2. The predicted molar refractivity (Wildman–Crippen MR) is 52.6 cm³/mol. The Labute approximate surface area is 82.0 Å². The predicted octanol–water partition coefficient (Wildman–Crippen LogP) is 0.0452. The Morgan fingerprint density at radius 1 is 1.64 bits per heavy atom. The first-order valence-corrected chi connectivity index (χ1v) is 4.21. The zero-order chi connectivity index (χ0) is 10.6. The van der Waals surface area contributed by atoms with E-state index < -0.39 is 0 Å². The van der Waals surface area contributed by atoms with Crippen LogP contribution in [0.25, 0.3) is 0 Å². The number of nitrogen functional groups attached to an aromatic ring is 1. The summed E-state index contributed by atoms with van der Waals surface area (Å²) in [5.74, 6) is 0.206. The summed E-state index contributed by atoms with van der Waals surface area (Å²) in [4.78, 5) is 4.08. The zero-order valence-corrected chi connectivity index (χ0v) is 7.95. The number of nitrogens with one attached hydrogen (secondary N) is 1. The Balaban J connectivity index is 2.97. The minimum Gasteiger partial charge on any atom is -0.475 e. The summed E-state index contributed by atoms with van der Waals surface area (Å²) in [5, 5.41) is 15.9. The van der Waals surface area contributed by atoms with E-state index in [0.717, 1.165) is 5.69 Å². The van der Waals surface area contributed by atoms with Crippen molar-refractivity contribution in [1.82, 2.24) is 4.98 Å². The number of aromatic nitrogens is 1. The average molecular weight is 195 g/mol. The summed E-state index contributed by atoms with van der Waals surface area (Å²) in [5.41, 5.74) is 6.57. The van der Waals surface area contributed by atoms with Gasteiger partial charge in [-0.3, -0.25) is 5.41 Å². The summed E-state index contributed by atoms with van der Waals surface area (Å²) in [6, 6.07) is 3.43. The zero-order valence-electron chi connectivity index (χ0n) is 7.95. The minimum absolute atomic E-state index is 0.0903. The third kappa shape index (κ3) is 2.43. The lowest BCUT2D eigenvalue weighted by Gasteiger charge is -2.08. The number of ether oxygens (including phenoxy) is 1. The van der Waals surface area contributed by atoms with Crippen LogP contribution >= 0.6 is 0 Å². The first-order chi connectivity index (χ1) is 6.65. The SMILES string of the molecule is Cc1ccc(C(=N)N)c(OCCO)n1. The number of aryl methyl sites for hydroxylation is 1. The normalized spacial score (nSPS) is 9.86. The van der Waals surface area contributed by atoms with E-state index in [1.54, 1.807) is 12.1 Å². The molecule has 0 aliphatic heterocycles. The monoisotopic (exact) mass is 195 g/mol. The molecule has 0 aliphatic rings. The third-order valence-electron chi connectivity index (χ3n) is 1.62. The molecule has 1 heterocycles. The molecule has 4 N–H and O–H groups in total. The van der Waals surface area contributed by atoms with Crippen molar-refractivity contribution in [2.24, 2.45) is 5.73 Å². The Bertz CT molecular complexity index is 339. The third-order valence-corrected chi connectivity index (χ3v) is 1.62. The van der Waals surface area contributed by atoms with Gasteiger partial charge in [-0.1, -0.05) is 0 Å². The van der Waals surface area contributed by atoms with Gasteiger partial charge in [-0.2, -0.15) is 0 Å². The van der Waals surface area contributed by atoms with Gasteiger partial charge in [-0.25, -0.2) is 4.98 Å². The van der Waals surface area contributed by atoms with Crippen molar-refractivity contribution >= 4 is 5.84 Å². The highest BCUT2D eigenvalue weighted by Crippen LogP contribution is 2.15. The molecular weight excluding hydrogens is 182 g/mol. The smallest absolute Gasteiger partial charge is 0.224 e. The van der Waals surface area contributed by atoms with Gasteiger partial charge in [-0.05, 0) is 19.1 Å². The first kappa shape index (κ1) is 10.5. The second kappa shape index (κ2) is 4.57. The molecule has 0 saturated heterocycles. The molecule has 0 bridgehead atoms. The van der Waals surface area contributed by atoms with Gasteiger partial charge in [0.15, 0.2) is 0 Å². The summed E-state index contributed by atoms with van der Waals surface area (Å²) in [6.45, 7) is 1.87. The van der Waals surface area contributed by atoms with Gasteiger partial charge >= 0.3 is 0 Å². The quantitative estimate of drug-likeness (QED) is 0.467. The number of aliphatic hydroxyl groups excluding tert-OH is 1. The van der Waals surface area contributed by atoms with E-state index in [-0.39, 0.29) is 19.0 Å². The van der Waals surface area contributed by atoms with Gasteiger partial charge in [0.1, 0.15) is 12.4 Å². The van der Waals surface area contributed by atoms with Crippen LogP contribution in [0.1, 0.15) is 11.3 Å². The Morgan fingerprint density at radius 2 is 2.36 bits per heavy atom. The molecule has 0 spiro atoms. The first-order valence-electron chi connectivity index (χ1n) is 4.21. The van der Waals surface area contributed by atoms with E-state index in [1.165, 1.54) is 0 Å². The van der Waals surface area contributed by atoms with Crippen LogP contribution in [0.3, 0.4) is 0 Å². The van der Waals surface area contributed by atoms with Crippen LogP contribution in [0, 0.1) is 12.3 Å². The molecule has 1 aromatic heterocycles. The second-order valence-corrected chi connectivity index (χ2v) is 2.79. The van der Waals surface area contributed by atoms with Gasteiger partial charge in [0, 0.05) is 5.69 Å². The fourth-order valence-electron chi connectivity index (χ4n) is 0.990. The van der Waals surface area contributed by atoms with E-state index in [1.807, 2.05) is 6.92 Å². The maximum atomic E-state index is 8.59. The van der Waals surface area contributed by atoms with Gasteiger partial charge in [0.2, 0.25) is 5.88 Å². The molecule has 5 heteroatoms. The Kier molecular flexibility index (Phi) is 3.41. The van der Waals surface area contributed by atoms with Crippen LogP contribution in [-0.2, 0) is 0 Å². The molecule has 0 saturated carbocycles. The number of pyridine rings is 1. The number of aliphatic hydroxyl groups is 1. The van der Waals surface area contributed by atoms with E-state index in [4.69, 9.17) is 21.0 Å². The van der Waals surface area contributed by atoms with Crippen LogP contribution in [0.15, 0.2) is 12.1 Å². The van der Waals surface area contributed by atoms with Gasteiger partial charge in [0.05, 0.1) is 12.2 Å². The molecule has 14 heavy (non-hydrogen) atoms. The van der Waals surface area contributed by atoms with Crippen molar-refractivity contribution in [3.8, 4) is 5.88 Å². The Hall–Kier alpha value is -1.62. The fourth-order valence-corrected chi connectivity index (χ4v) is 0.990. The highest BCUT2D eigenvalue weighted by atomic mass is 16.5. The molecule has 0 fully saturated rings. The second-order valence-electron chi connectivity index (χ2n) is 2.79. The number of rotatable bonds is 4. The van der Waals surface area contributed by atoms with Crippen LogP contribution in [0.4, 0.5) is 0 Å². The highest BCUT2D eigenvalue weighted by Gasteiger charge is 2.07. The minimum atomic E-state index is -0.0922. The molecular formula is C9H13N3O2.